The first kappa shape index (κ1) is 15.0. The normalized spacial score (nSPS) is 11.2. The van der Waals surface area contributed by atoms with Crippen molar-refractivity contribution < 1.29 is 22.5 Å². The van der Waals surface area contributed by atoms with Gasteiger partial charge in [-0.15, -0.1) is 0 Å². The van der Waals surface area contributed by atoms with E-state index in [4.69, 9.17) is 24.0 Å². The average Bonchev–Trinajstić information content (AvgIpc) is 2.26. The number of benzene rings is 1. The molecule has 1 aromatic carbocycles. The molecule has 8 heteroatoms. The highest BCUT2D eigenvalue weighted by atomic mass is 35.5. The standard InChI is InChI=1S/C10H10BClO5S/c11-6-7-1-2-8(9(12)5-7)10(13)17-3-4-18(14,15)16/h1-2,5H,3-4,6H2,(H,14,15,16). The molecule has 0 aliphatic rings. The smallest absolute Gasteiger partial charge is 0.339 e. The van der Waals surface area contributed by atoms with Crippen LogP contribution in [0.2, 0.25) is 5.02 Å². The fourth-order valence-electron chi connectivity index (χ4n) is 1.17. The Morgan fingerprint density at radius 2 is 2.11 bits per heavy atom. The van der Waals surface area contributed by atoms with Crippen molar-refractivity contribution in [3.05, 3.63) is 34.3 Å². The molecule has 0 spiro atoms. The van der Waals surface area contributed by atoms with Crippen LogP contribution in [0.3, 0.4) is 0 Å². The number of esters is 1. The summed E-state index contributed by atoms with van der Waals surface area (Å²) in [4.78, 5) is 11.5. The van der Waals surface area contributed by atoms with Crippen molar-refractivity contribution in [2.24, 2.45) is 0 Å². The number of rotatable bonds is 5. The predicted octanol–water partition coefficient (Wildman–Crippen LogP) is 1.05. The Morgan fingerprint density at radius 1 is 1.44 bits per heavy atom. The van der Waals surface area contributed by atoms with Gasteiger partial charge in [0.2, 0.25) is 0 Å². The fourth-order valence-corrected chi connectivity index (χ4v) is 1.74. The minimum absolute atomic E-state index is 0.115. The van der Waals surface area contributed by atoms with Gasteiger partial charge in [0, 0.05) is 0 Å². The molecule has 0 unspecified atom stereocenters. The third-order valence-corrected chi connectivity index (χ3v) is 3.06. The Kier molecular flexibility index (Phi) is 5.19. The second kappa shape index (κ2) is 6.22. The molecule has 0 fully saturated rings. The molecule has 1 aromatic rings. The van der Waals surface area contributed by atoms with Crippen LogP contribution in [-0.2, 0) is 21.2 Å². The Hall–Kier alpha value is -1.05. The zero-order valence-corrected chi connectivity index (χ0v) is 10.9. The summed E-state index contributed by atoms with van der Waals surface area (Å²) in [6.45, 7) is -0.438. The quantitative estimate of drug-likeness (QED) is 0.498. The van der Waals surface area contributed by atoms with Crippen molar-refractivity contribution in [3.8, 4) is 0 Å². The Balaban J connectivity index is 2.67. The molecule has 0 aliphatic heterocycles. The van der Waals surface area contributed by atoms with E-state index in [1.165, 1.54) is 12.1 Å². The maximum absolute atomic E-state index is 11.5. The van der Waals surface area contributed by atoms with Crippen molar-refractivity contribution in [1.82, 2.24) is 0 Å². The van der Waals surface area contributed by atoms with Gasteiger partial charge in [0.1, 0.15) is 12.4 Å². The SMILES string of the molecule is [B]Cc1ccc(C(=O)OCCS(=O)(=O)O)c(Cl)c1. The van der Waals surface area contributed by atoms with Crippen LogP contribution < -0.4 is 0 Å². The zero-order chi connectivity index (χ0) is 13.8. The molecular weight excluding hydrogens is 278 g/mol. The van der Waals surface area contributed by atoms with E-state index >= 15 is 0 Å². The monoisotopic (exact) mass is 288 g/mol. The molecule has 0 atom stereocenters. The first-order valence-electron chi connectivity index (χ1n) is 4.94. The molecule has 5 nitrogen and oxygen atoms in total. The highest BCUT2D eigenvalue weighted by Gasteiger charge is 2.13. The van der Waals surface area contributed by atoms with Crippen molar-refractivity contribution >= 4 is 35.5 Å². The lowest BCUT2D eigenvalue weighted by atomic mass is 9.96. The molecule has 0 saturated heterocycles. The predicted molar refractivity (Wildman–Crippen MR) is 67.6 cm³/mol. The first-order valence-corrected chi connectivity index (χ1v) is 6.93. The van der Waals surface area contributed by atoms with Crippen LogP contribution in [-0.4, -0.2) is 39.1 Å². The van der Waals surface area contributed by atoms with Gasteiger partial charge in [0.15, 0.2) is 0 Å². The molecule has 1 rings (SSSR count). The summed E-state index contributed by atoms with van der Waals surface area (Å²) < 4.78 is 34.0. The van der Waals surface area contributed by atoms with Gasteiger partial charge in [-0.2, -0.15) is 8.42 Å². The number of halogens is 1. The van der Waals surface area contributed by atoms with E-state index in [1.54, 1.807) is 6.07 Å². The van der Waals surface area contributed by atoms with E-state index in [0.29, 0.717) is 0 Å². The molecule has 1 N–H and O–H groups in total. The Labute approximate surface area is 111 Å². The van der Waals surface area contributed by atoms with Gasteiger partial charge in [-0.25, -0.2) is 4.79 Å². The molecule has 0 heterocycles. The van der Waals surface area contributed by atoms with Crippen molar-refractivity contribution in [2.75, 3.05) is 12.4 Å². The van der Waals surface area contributed by atoms with Gasteiger partial charge >= 0.3 is 5.97 Å². The number of carbonyl (C=O) groups is 1. The van der Waals surface area contributed by atoms with E-state index in [2.05, 4.69) is 4.74 Å². The second-order valence-corrected chi connectivity index (χ2v) is 5.42. The largest absolute Gasteiger partial charge is 0.461 e. The summed E-state index contributed by atoms with van der Waals surface area (Å²) in [5.41, 5.74) is 0.874. The van der Waals surface area contributed by atoms with E-state index in [0.717, 1.165) is 5.56 Å². The van der Waals surface area contributed by atoms with E-state index in [9.17, 15) is 13.2 Å². The Bertz CT molecular complexity index is 543. The summed E-state index contributed by atoms with van der Waals surface area (Å²) in [6, 6.07) is 4.59. The highest BCUT2D eigenvalue weighted by Crippen LogP contribution is 2.18. The number of carbonyl (C=O) groups excluding carboxylic acids is 1. The minimum atomic E-state index is -4.15. The van der Waals surface area contributed by atoms with Crippen molar-refractivity contribution in [2.45, 2.75) is 6.32 Å². The van der Waals surface area contributed by atoms with Gasteiger partial charge in [0.05, 0.1) is 18.4 Å². The maximum Gasteiger partial charge on any atom is 0.339 e. The third kappa shape index (κ3) is 4.68. The number of ether oxygens (including phenoxy) is 1. The Morgan fingerprint density at radius 3 is 2.61 bits per heavy atom. The molecule has 96 valence electrons. The van der Waals surface area contributed by atoms with Crippen LogP contribution in [0.25, 0.3) is 0 Å². The first-order chi connectivity index (χ1) is 8.33. The van der Waals surface area contributed by atoms with Crippen LogP contribution in [0.15, 0.2) is 18.2 Å². The van der Waals surface area contributed by atoms with E-state index in [1.807, 2.05) is 0 Å². The molecule has 18 heavy (non-hydrogen) atoms. The lowest BCUT2D eigenvalue weighted by molar-refractivity contribution is 0.0528. The zero-order valence-electron chi connectivity index (χ0n) is 9.30. The number of hydrogen-bond donors (Lipinski definition) is 1. The topological polar surface area (TPSA) is 80.7 Å². The molecular formula is C10H10BClO5S. The van der Waals surface area contributed by atoms with Crippen LogP contribution >= 0.6 is 11.6 Å². The molecule has 0 aromatic heterocycles. The van der Waals surface area contributed by atoms with Gasteiger partial charge in [-0.1, -0.05) is 29.6 Å². The van der Waals surface area contributed by atoms with Gasteiger partial charge in [0.25, 0.3) is 10.1 Å². The third-order valence-electron chi connectivity index (χ3n) is 2.06. The van der Waals surface area contributed by atoms with Gasteiger partial charge in [-0.05, 0) is 12.1 Å². The summed E-state index contributed by atoms with van der Waals surface area (Å²) in [6.07, 6.45) is 0.289. The average molecular weight is 289 g/mol. The fraction of sp³-hybridized carbons (Fsp3) is 0.300. The molecule has 0 amide bonds. The van der Waals surface area contributed by atoms with E-state index in [-0.39, 0.29) is 16.9 Å². The molecule has 0 saturated carbocycles. The van der Waals surface area contributed by atoms with Crippen LogP contribution in [0.5, 0.6) is 0 Å². The van der Waals surface area contributed by atoms with E-state index < -0.39 is 28.4 Å². The van der Waals surface area contributed by atoms with Gasteiger partial charge < -0.3 is 4.74 Å². The summed E-state index contributed by atoms with van der Waals surface area (Å²) in [7, 11) is 1.25. The van der Waals surface area contributed by atoms with Crippen LogP contribution in [0, 0.1) is 0 Å². The van der Waals surface area contributed by atoms with Crippen LogP contribution in [0.1, 0.15) is 15.9 Å². The number of hydrogen-bond acceptors (Lipinski definition) is 4. The maximum atomic E-state index is 11.5. The van der Waals surface area contributed by atoms with Crippen molar-refractivity contribution in [3.63, 3.8) is 0 Å². The minimum Gasteiger partial charge on any atom is -0.461 e. The van der Waals surface area contributed by atoms with Crippen molar-refractivity contribution in [1.29, 1.82) is 0 Å². The molecule has 0 aliphatic carbocycles. The summed E-state index contributed by atoms with van der Waals surface area (Å²) in [5, 5.41) is 0.176. The highest BCUT2D eigenvalue weighted by molar-refractivity contribution is 7.85. The summed E-state index contributed by atoms with van der Waals surface area (Å²) >= 11 is 5.85. The lowest BCUT2D eigenvalue weighted by Crippen LogP contribution is -2.15. The van der Waals surface area contributed by atoms with Gasteiger partial charge in [-0.3, -0.25) is 4.55 Å². The molecule has 2 radical (unpaired) electrons. The molecule has 0 bridgehead atoms. The van der Waals surface area contributed by atoms with Crippen LogP contribution in [0.4, 0.5) is 0 Å². The summed E-state index contributed by atoms with van der Waals surface area (Å²) in [5.74, 6) is -1.41. The lowest BCUT2D eigenvalue weighted by Gasteiger charge is -2.06. The second-order valence-electron chi connectivity index (χ2n) is 3.44.